The van der Waals surface area contributed by atoms with Crippen LogP contribution < -0.4 is 16.0 Å². The van der Waals surface area contributed by atoms with E-state index in [0.717, 1.165) is 50.6 Å². The Bertz CT molecular complexity index is 1400. The highest BCUT2D eigenvalue weighted by Gasteiger charge is 2.34. The van der Waals surface area contributed by atoms with Crippen LogP contribution in [0.2, 0.25) is 0 Å². The molecule has 1 aliphatic carbocycles. The Morgan fingerprint density at radius 2 is 2.03 bits per heavy atom. The number of piperazine rings is 1. The molecule has 9 heteroatoms. The highest BCUT2D eigenvalue weighted by molar-refractivity contribution is 6.12. The molecule has 204 valence electrons. The third-order valence-electron chi connectivity index (χ3n) is 8.62. The van der Waals surface area contributed by atoms with Crippen molar-refractivity contribution in [3.8, 4) is 0 Å². The zero-order valence-electron chi connectivity index (χ0n) is 22.3. The predicted octanol–water partition coefficient (Wildman–Crippen LogP) is 4.45. The Hall–Kier alpha value is -3.59. The van der Waals surface area contributed by atoms with Crippen LogP contribution in [-0.4, -0.2) is 58.4 Å². The van der Waals surface area contributed by atoms with Crippen LogP contribution in [0.15, 0.2) is 42.9 Å². The summed E-state index contributed by atoms with van der Waals surface area (Å²) in [7, 11) is 0. The molecule has 0 spiro atoms. The largest absolute Gasteiger partial charge is 0.359 e. The van der Waals surface area contributed by atoms with Crippen molar-refractivity contribution in [3.05, 3.63) is 59.8 Å². The van der Waals surface area contributed by atoms with Crippen LogP contribution in [0.5, 0.6) is 0 Å². The van der Waals surface area contributed by atoms with E-state index >= 15 is 4.39 Å². The molecule has 3 fully saturated rings. The molecule has 3 aliphatic rings. The molecule has 2 aliphatic heterocycles. The van der Waals surface area contributed by atoms with E-state index in [0.29, 0.717) is 23.8 Å². The number of hydrogen-bond donors (Lipinski definition) is 2. The Labute approximate surface area is 227 Å². The van der Waals surface area contributed by atoms with Crippen molar-refractivity contribution in [2.24, 2.45) is 11.7 Å². The molecule has 4 heterocycles. The number of hydrogen-bond acceptors (Lipinski definition) is 6. The summed E-state index contributed by atoms with van der Waals surface area (Å²) in [6.45, 7) is 3.97. The number of halogens is 1. The molecular formula is C30H35FN6O2. The second kappa shape index (κ2) is 10.5. The molecule has 3 N–H and O–H groups in total. The van der Waals surface area contributed by atoms with Crippen molar-refractivity contribution >= 4 is 34.1 Å². The number of benzene rings is 1. The Morgan fingerprint density at radius 1 is 1.15 bits per heavy atom. The lowest BCUT2D eigenvalue weighted by atomic mass is 9.76. The first-order valence-corrected chi connectivity index (χ1v) is 14.0. The van der Waals surface area contributed by atoms with Crippen LogP contribution in [0.3, 0.4) is 0 Å². The Balaban J connectivity index is 1.27. The SMILES string of the molecule is C[C@@H]1C[C@H](N)C[C@H](c2ccncc2NC(=O)c2ccc(F)c3cc(N4CC(=O)N5CCCC[C@@H]5C4)cnc23)C1. The lowest BCUT2D eigenvalue weighted by molar-refractivity contribution is -0.135. The van der Waals surface area contributed by atoms with E-state index in [2.05, 4.69) is 22.2 Å². The lowest BCUT2D eigenvalue weighted by Crippen LogP contribution is -2.58. The second-order valence-corrected chi connectivity index (χ2v) is 11.5. The van der Waals surface area contributed by atoms with Gasteiger partial charge < -0.3 is 20.9 Å². The number of nitrogens with zero attached hydrogens (tertiary/aromatic N) is 4. The fraction of sp³-hybridized carbons (Fsp3) is 0.467. The van der Waals surface area contributed by atoms with Crippen molar-refractivity contribution in [2.75, 3.05) is 29.9 Å². The van der Waals surface area contributed by atoms with Gasteiger partial charge in [-0.05, 0) is 80.2 Å². The summed E-state index contributed by atoms with van der Waals surface area (Å²) >= 11 is 0. The fourth-order valence-corrected chi connectivity index (χ4v) is 6.79. The van der Waals surface area contributed by atoms with Crippen molar-refractivity contribution in [3.63, 3.8) is 0 Å². The summed E-state index contributed by atoms with van der Waals surface area (Å²) in [5.74, 6) is 0.0194. The highest BCUT2D eigenvalue weighted by atomic mass is 19.1. The maximum Gasteiger partial charge on any atom is 0.257 e. The van der Waals surface area contributed by atoms with Gasteiger partial charge in [0, 0.05) is 36.8 Å². The molecule has 3 aromatic rings. The number of rotatable bonds is 4. The first-order chi connectivity index (χ1) is 18.9. The molecule has 39 heavy (non-hydrogen) atoms. The van der Waals surface area contributed by atoms with Crippen LogP contribution >= 0.6 is 0 Å². The van der Waals surface area contributed by atoms with Gasteiger partial charge in [-0.15, -0.1) is 0 Å². The molecule has 2 amide bonds. The molecule has 0 radical (unpaired) electrons. The van der Waals surface area contributed by atoms with E-state index in [1.807, 2.05) is 15.9 Å². The van der Waals surface area contributed by atoms with Crippen molar-refractivity contribution in [1.82, 2.24) is 14.9 Å². The normalized spacial score (nSPS) is 25.5. The molecule has 8 nitrogen and oxygen atoms in total. The van der Waals surface area contributed by atoms with Crippen LogP contribution in [0.4, 0.5) is 15.8 Å². The van der Waals surface area contributed by atoms with E-state index in [1.54, 1.807) is 24.7 Å². The Morgan fingerprint density at radius 3 is 2.87 bits per heavy atom. The van der Waals surface area contributed by atoms with E-state index < -0.39 is 5.82 Å². The fourth-order valence-electron chi connectivity index (χ4n) is 6.79. The third-order valence-corrected chi connectivity index (χ3v) is 8.62. The van der Waals surface area contributed by atoms with Crippen LogP contribution in [0.1, 0.15) is 67.3 Å². The van der Waals surface area contributed by atoms with E-state index in [-0.39, 0.29) is 52.8 Å². The topological polar surface area (TPSA) is 104 Å². The van der Waals surface area contributed by atoms with Gasteiger partial charge in [-0.1, -0.05) is 6.92 Å². The van der Waals surface area contributed by atoms with Gasteiger partial charge in [0.1, 0.15) is 5.82 Å². The number of piperidine rings is 1. The number of nitrogens with one attached hydrogen (secondary N) is 1. The van der Waals surface area contributed by atoms with Gasteiger partial charge in [-0.3, -0.25) is 19.6 Å². The molecule has 0 bridgehead atoms. The van der Waals surface area contributed by atoms with Crippen LogP contribution in [-0.2, 0) is 4.79 Å². The van der Waals surface area contributed by atoms with E-state index in [4.69, 9.17) is 5.73 Å². The van der Waals surface area contributed by atoms with Crippen molar-refractivity contribution in [1.29, 1.82) is 0 Å². The van der Waals surface area contributed by atoms with Crippen LogP contribution in [0, 0.1) is 11.7 Å². The summed E-state index contributed by atoms with van der Waals surface area (Å²) < 4.78 is 15.0. The monoisotopic (exact) mass is 530 g/mol. The van der Waals surface area contributed by atoms with Gasteiger partial charge in [-0.2, -0.15) is 0 Å². The van der Waals surface area contributed by atoms with E-state index in [1.165, 1.54) is 12.1 Å². The van der Waals surface area contributed by atoms with Gasteiger partial charge in [0.25, 0.3) is 5.91 Å². The molecule has 2 saturated heterocycles. The third kappa shape index (κ3) is 5.07. The number of nitrogens with two attached hydrogens (primary N) is 1. The van der Waals surface area contributed by atoms with Gasteiger partial charge in [0.2, 0.25) is 5.91 Å². The number of aromatic nitrogens is 2. The predicted molar refractivity (Wildman–Crippen MR) is 149 cm³/mol. The minimum atomic E-state index is -0.453. The summed E-state index contributed by atoms with van der Waals surface area (Å²) in [5, 5.41) is 3.28. The summed E-state index contributed by atoms with van der Waals surface area (Å²) in [6.07, 6.45) is 11.0. The average molecular weight is 531 g/mol. The number of anilines is 2. The molecule has 6 rings (SSSR count). The van der Waals surface area contributed by atoms with Gasteiger partial charge >= 0.3 is 0 Å². The maximum absolute atomic E-state index is 15.0. The molecule has 4 atom stereocenters. The molecule has 1 aromatic carbocycles. The zero-order chi connectivity index (χ0) is 27.1. The summed E-state index contributed by atoms with van der Waals surface area (Å²) in [4.78, 5) is 39.0. The minimum absolute atomic E-state index is 0.0974. The lowest BCUT2D eigenvalue weighted by Gasteiger charge is -2.44. The van der Waals surface area contributed by atoms with E-state index in [9.17, 15) is 9.59 Å². The Kier molecular flexibility index (Phi) is 6.93. The summed E-state index contributed by atoms with van der Waals surface area (Å²) in [5.41, 5.74) is 9.24. The molecule has 2 aromatic heterocycles. The molecule has 1 saturated carbocycles. The van der Waals surface area contributed by atoms with Gasteiger partial charge in [0.05, 0.1) is 41.4 Å². The minimum Gasteiger partial charge on any atom is -0.359 e. The number of amides is 2. The quantitative estimate of drug-likeness (QED) is 0.516. The number of fused-ring (bicyclic) bond motifs is 2. The van der Waals surface area contributed by atoms with Crippen molar-refractivity contribution in [2.45, 2.75) is 63.5 Å². The second-order valence-electron chi connectivity index (χ2n) is 11.5. The smallest absolute Gasteiger partial charge is 0.257 e. The highest BCUT2D eigenvalue weighted by Crippen LogP contribution is 2.38. The van der Waals surface area contributed by atoms with Crippen molar-refractivity contribution < 1.29 is 14.0 Å². The summed E-state index contributed by atoms with van der Waals surface area (Å²) in [6, 6.07) is 6.74. The molecule has 0 unspecified atom stereocenters. The first-order valence-electron chi connectivity index (χ1n) is 14.0. The average Bonchev–Trinajstić information content (AvgIpc) is 2.93. The number of pyridine rings is 2. The zero-order valence-corrected chi connectivity index (χ0v) is 22.3. The molecular weight excluding hydrogens is 495 g/mol. The number of carbonyl (C=O) groups is 2. The standard InChI is InChI=1S/C30H35FN6O2/c1-18-10-19(12-20(32)11-18)23-7-8-33-15-27(23)35-30(39)24-5-6-26(31)25-13-22(14-34-29(24)25)36-16-21-4-2-3-9-37(21)28(38)17-36/h5-8,13-15,18-21H,2-4,9-12,16-17,32H2,1H3,(H,35,39)/t18-,19+,20-,21+/m0/s1. The maximum atomic E-state index is 15.0. The van der Waals surface area contributed by atoms with Gasteiger partial charge in [0.15, 0.2) is 0 Å². The number of carbonyl (C=O) groups excluding carboxylic acids is 2. The van der Waals surface area contributed by atoms with Crippen LogP contribution in [0.25, 0.3) is 10.9 Å². The first kappa shape index (κ1) is 25.7. The van der Waals surface area contributed by atoms with Gasteiger partial charge in [-0.25, -0.2) is 4.39 Å².